The number of hydrazine groups is 1. The van der Waals surface area contributed by atoms with Gasteiger partial charge in [-0.3, -0.25) is 19.6 Å². The van der Waals surface area contributed by atoms with Crippen molar-refractivity contribution in [1.29, 1.82) is 0 Å². The summed E-state index contributed by atoms with van der Waals surface area (Å²) in [6.07, 6.45) is 10.3. The third-order valence-corrected chi connectivity index (χ3v) is 6.01. The number of amides is 2. The summed E-state index contributed by atoms with van der Waals surface area (Å²) in [6.45, 7) is 7.79. The molecule has 0 aliphatic carbocycles. The Morgan fingerprint density at radius 2 is 2.03 bits per heavy atom. The number of pyridine rings is 1. The van der Waals surface area contributed by atoms with Crippen LogP contribution in [0.4, 0.5) is 0 Å². The van der Waals surface area contributed by atoms with E-state index in [-0.39, 0.29) is 12.4 Å². The van der Waals surface area contributed by atoms with E-state index in [1.807, 2.05) is 30.3 Å². The molecule has 0 unspecified atom stereocenters. The minimum absolute atomic E-state index is 0.0933. The highest BCUT2D eigenvalue weighted by molar-refractivity contribution is 6.37. The molecule has 0 spiro atoms. The summed E-state index contributed by atoms with van der Waals surface area (Å²) in [5.41, 5.74) is 14.8. The summed E-state index contributed by atoms with van der Waals surface area (Å²) < 4.78 is 10.9. The summed E-state index contributed by atoms with van der Waals surface area (Å²) in [6, 6.07) is 8.91. The highest BCUT2D eigenvalue weighted by atomic mass is 16.5. The van der Waals surface area contributed by atoms with E-state index >= 15 is 0 Å². The molecule has 206 valence electrons. The molecule has 3 rings (SSSR count). The minimum Gasteiger partial charge on any atom is -0.491 e. The molecule has 0 bridgehead atoms. The van der Waals surface area contributed by atoms with Crippen LogP contribution >= 0.6 is 0 Å². The fourth-order valence-corrected chi connectivity index (χ4v) is 3.69. The number of carbonyl (C=O) groups excluding carboxylic acids is 2. The van der Waals surface area contributed by atoms with Gasteiger partial charge in [-0.1, -0.05) is 19.1 Å². The number of nitrogens with zero attached hydrogens (tertiary/aromatic N) is 3. The second kappa shape index (κ2) is 14.6. The van der Waals surface area contributed by atoms with E-state index in [4.69, 9.17) is 15.2 Å². The second-order valence-electron chi connectivity index (χ2n) is 8.90. The lowest BCUT2D eigenvalue weighted by atomic mass is 10.0. The number of nitrogens with two attached hydrogens (primary N) is 1. The Labute approximate surface area is 229 Å². The minimum atomic E-state index is -0.995. The van der Waals surface area contributed by atoms with E-state index in [0.29, 0.717) is 31.1 Å². The van der Waals surface area contributed by atoms with Crippen molar-refractivity contribution in [2.45, 2.75) is 33.7 Å². The van der Waals surface area contributed by atoms with Crippen LogP contribution < -0.4 is 21.2 Å². The first kappa shape index (κ1) is 29.3. The number of nitrogens with one attached hydrogen (secondary N) is 2. The molecule has 10 heteroatoms. The molecule has 39 heavy (non-hydrogen) atoms. The molecule has 0 radical (unpaired) electrons. The number of carbonyl (C=O) groups is 2. The topological polar surface area (TPSA) is 131 Å². The smallest absolute Gasteiger partial charge is 0.336 e. The Morgan fingerprint density at radius 1 is 1.23 bits per heavy atom. The molecule has 2 heterocycles. The first-order valence-corrected chi connectivity index (χ1v) is 12.7. The molecular formula is C29H36N6O4. The van der Waals surface area contributed by atoms with E-state index in [0.717, 1.165) is 28.8 Å². The Balaban J connectivity index is 1.86. The number of amidine groups is 1. The van der Waals surface area contributed by atoms with E-state index in [9.17, 15) is 9.59 Å². The molecule has 1 aliphatic rings. The van der Waals surface area contributed by atoms with Crippen LogP contribution in [0, 0.1) is 0 Å². The van der Waals surface area contributed by atoms with Gasteiger partial charge in [0.15, 0.2) is 0 Å². The van der Waals surface area contributed by atoms with Crippen molar-refractivity contribution in [2.75, 3.05) is 26.9 Å². The normalized spacial score (nSPS) is 15.2. The van der Waals surface area contributed by atoms with E-state index in [1.54, 1.807) is 37.7 Å². The molecule has 0 saturated carbocycles. The number of aromatic nitrogens is 1. The van der Waals surface area contributed by atoms with Crippen LogP contribution in [0.15, 0.2) is 77.3 Å². The summed E-state index contributed by atoms with van der Waals surface area (Å²) >= 11 is 0. The van der Waals surface area contributed by atoms with Gasteiger partial charge in [-0.25, -0.2) is 5.43 Å². The number of ether oxygens (including phenoxy) is 2. The number of methoxy groups -OCH3 is 1. The van der Waals surface area contributed by atoms with Crippen molar-refractivity contribution < 1.29 is 19.1 Å². The molecule has 0 saturated heterocycles. The van der Waals surface area contributed by atoms with E-state index < -0.39 is 11.8 Å². The van der Waals surface area contributed by atoms with Crippen LogP contribution in [0.1, 0.15) is 43.9 Å². The standard InChI is InChI=1S/C29H36N6O4/c1-5-20(2)26-9-7-11-33-35(26)19-21(3)23-14-24(16-25(15-23)39-13-12-38-4)27(30)34-29(37)28(36)32-18-22-8-6-10-31-17-22/h6-10,14-17,19,33H,5,11-13,18H2,1-4H3,(H,32,36)(H2,30,34,37). The molecule has 1 aliphatic heterocycles. The summed E-state index contributed by atoms with van der Waals surface area (Å²) in [5.74, 6) is -1.42. The average Bonchev–Trinajstić information content (AvgIpc) is 2.96. The lowest BCUT2D eigenvalue weighted by Crippen LogP contribution is -2.35. The fraction of sp³-hybridized carbons (Fsp3) is 0.310. The van der Waals surface area contributed by atoms with Gasteiger partial charge < -0.3 is 20.5 Å². The number of hydrogen-bond acceptors (Lipinski definition) is 7. The van der Waals surface area contributed by atoms with Crippen LogP contribution in [0.3, 0.4) is 0 Å². The summed E-state index contributed by atoms with van der Waals surface area (Å²) in [5, 5.41) is 4.53. The lowest BCUT2D eigenvalue weighted by Gasteiger charge is -2.28. The SMILES string of the molecule is CCC(C)=C1C=CCNN1C=C(C)c1cc(OCCOC)cc(C(N)=NC(=O)C(=O)NCc2cccnc2)c1. The molecule has 2 amide bonds. The first-order valence-electron chi connectivity index (χ1n) is 12.7. The Bertz CT molecular complexity index is 1280. The van der Waals surface area contributed by atoms with Crippen molar-refractivity contribution in [3.63, 3.8) is 0 Å². The maximum Gasteiger partial charge on any atom is 0.336 e. The molecule has 10 nitrogen and oxygen atoms in total. The van der Waals surface area contributed by atoms with Gasteiger partial charge in [0, 0.05) is 44.4 Å². The maximum atomic E-state index is 12.5. The monoisotopic (exact) mass is 532 g/mol. The van der Waals surface area contributed by atoms with Crippen LogP contribution in [0.5, 0.6) is 5.75 Å². The third-order valence-electron chi connectivity index (χ3n) is 6.01. The largest absolute Gasteiger partial charge is 0.491 e. The molecule has 2 aromatic rings. The molecule has 0 fully saturated rings. The Kier molecular flexibility index (Phi) is 11.0. The summed E-state index contributed by atoms with van der Waals surface area (Å²) in [4.78, 5) is 32.6. The lowest BCUT2D eigenvalue weighted by molar-refractivity contribution is -0.137. The number of benzene rings is 1. The quantitative estimate of drug-likeness (QED) is 0.184. The first-order chi connectivity index (χ1) is 18.8. The van der Waals surface area contributed by atoms with E-state index in [2.05, 4.69) is 46.7 Å². The van der Waals surface area contributed by atoms with Crippen LogP contribution in [0.25, 0.3) is 5.57 Å². The third kappa shape index (κ3) is 8.62. The number of hydrogen-bond donors (Lipinski definition) is 3. The summed E-state index contributed by atoms with van der Waals surface area (Å²) in [7, 11) is 1.59. The number of rotatable bonds is 10. The molecular weight excluding hydrogens is 496 g/mol. The predicted octanol–water partition coefficient (Wildman–Crippen LogP) is 3.08. The average molecular weight is 533 g/mol. The van der Waals surface area contributed by atoms with Gasteiger partial charge in [0.25, 0.3) is 0 Å². The van der Waals surface area contributed by atoms with Crippen LogP contribution in [0.2, 0.25) is 0 Å². The van der Waals surface area contributed by atoms with Crippen molar-refractivity contribution in [2.24, 2.45) is 10.7 Å². The number of allylic oxidation sites excluding steroid dienone is 3. The molecule has 1 aromatic carbocycles. The van der Waals surface area contributed by atoms with Crippen molar-refractivity contribution in [3.8, 4) is 5.75 Å². The van der Waals surface area contributed by atoms with E-state index in [1.165, 1.54) is 5.57 Å². The fourth-order valence-electron chi connectivity index (χ4n) is 3.69. The van der Waals surface area contributed by atoms with Crippen molar-refractivity contribution in [1.82, 2.24) is 20.7 Å². The van der Waals surface area contributed by atoms with Crippen LogP contribution in [-0.4, -0.2) is 54.5 Å². The second-order valence-corrected chi connectivity index (χ2v) is 8.90. The zero-order valence-electron chi connectivity index (χ0n) is 22.9. The van der Waals surface area contributed by atoms with Crippen LogP contribution in [-0.2, 0) is 20.9 Å². The van der Waals surface area contributed by atoms with Crippen molar-refractivity contribution >= 4 is 23.2 Å². The van der Waals surface area contributed by atoms with Gasteiger partial charge in [0.2, 0.25) is 0 Å². The van der Waals surface area contributed by atoms with Gasteiger partial charge in [-0.2, -0.15) is 4.99 Å². The molecule has 4 N–H and O–H groups in total. The van der Waals surface area contributed by atoms with Crippen molar-refractivity contribution in [3.05, 3.63) is 89.0 Å². The number of aliphatic imine (C=N–C) groups is 1. The van der Waals surface area contributed by atoms with Gasteiger partial charge >= 0.3 is 11.8 Å². The highest BCUT2D eigenvalue weighted by Gasteiger charge is 2.16. The highest BCUT2D eigenvalue weighted by Crippen LogP contribution is 2.25. The van der Waals surface area contributed by atoms with Gasteiger partial charge in [0.1, 0.15) is 18.2 Å². The zero-order valence-corrected chi connectivity index (χ0v) is 22.9. The molecule has 1 aromatic heterocycles. The molecule has 0 atom stereocenters. The Morgan fingerprint density at radius 3 is 2.74 bits per heavy atom. The Hall–Kier alpha value is -4.28. The van der Waals surface area contributed by atoms with Gasteiger partial charge in [0.05, 0.1) is 12.3 Å². The zero-order chi connectivity index (χ0) is 28.2. The van der Waals surface area contributed by atoms with Gasteiger partial charge in [-0.05, 0) is 72.9 Å². The maximum absolute atomic E-state index is 12.5. The predicted molar refractivity (Wildman–Crippen MR) is 151 cm³/mol. The van der Waals surface area contributed by atoms with Gasteiger partial charge in [-0.15, -0.1) is 0 Å².